The largest absolute Gasteiger partial charge is 0.459 e. The Morgan fingerprint density at radius 2 is 2.05 bits per heavy atom. The van der Waals surface area contributed by atoms with Gasteiger partial charge in [-0.1, -0.05) is 6.92 Å². The minimum atomic E-state index is -0.727. The van der Waals surface area contributed by atoms with Gasteiger partial charge in [0, 0.05) is 11.8 Å². The number of nitro groups is 1. The predicted octanol–water partition coefficient (Wildman–Crippen LogP) is 3.13. The van der Waals surface area contributed by atoms with Gasteiger partial charge < -0.3 is 4.74 Å². The third-order valence-corrected chi connectivity index (χ3v) is 2.67. The molecule has 1 aromatic heterocycles. The first kappa shape index (κ1) is 16.1. The standard InChI is InChI=1S/C14H20N2O4/c1-6-10(13(17)20-14(3,4)5)12-11(16(18)19)8-7-9(2)15-12/h7-8,10H,6H2,1-5H3. The maximum absolute atomic E-state index is 12.2. The average molecular weight is 280 g/mol. The first-order chi connectivity index (χ1) is 9.15. The number of esters is 1. The first-order valence-electron chi connectivity index (χ1n) is 6.50. The molecule has 0 radical (unpaired) electrons. The smallest absolute Gasteiger partial charge is 0.315 e. The lowest BCUT2D eigenvalue weighted by atomic mass is 9.99. The van der Waals surface area contributed by atoms with Gasteiger partial charge in [0.05, 0.1) is 4.92 Å². The summed E-state index contributed by atoms with van der Waals surface area (Å²) in [6.45, 7) is 8.79. The van der Waals surface area contributed by atoms with Crippen LogP contribution in [-0.4, -0.2) is 21.5 Å². The van der Waals surface area contributed by atoms with Crippen molar-refractivity contribution in [3.05, 3.63) is 33.6 Å². The summed E-state index contributed by atoms with van der Waals surface area (Å²) in [7, 11) is 0. The van der Waals surface area contributed by atoms with Crippen LogP contribution in [0.15, 0.2) is 12.1 Å². The highest BCUT2D eigenvalue weighted by molar-refractivity contribution is 5.79. The number of carbonyl (C=O) groups excluding carboxylic acids is 1. The van der Waals surface area contributed by atoms with Crippen LogP contribution in [0, 0.1) is 17.0 Å². The topological polar surface area (TPSA) is 82.3 Å². The van der Waals surface area contributed by atoms with Gasteiger partial charge in [-0.2, -0.15) is 0 Å². The molecular formula is C14H20N2O4. The molecule has 0 aliphatic carbocycles. The fourth-order valence-corrected chi connectivity index (χ4v) is 1.82. The second-order valence-electron chi connectivity index (χ2n) is 5.61. The van der Waals surface area contributed by atoms with Gasteiger partial charge in [-0.3, -0.25) is 19.9 Å². The van der Waals surface area contributed by atoms with Gasteiger partial charge in [0.15, 0.2) is 0 Å². The lowest BCUT2D eigenvalue weighted by Crippen LogP contribution is -2.28. The van der Waals surface area contributed by atoms with E-state index in [4.69, 9.17) is 4.74 Å². The fraction of sp³-hybridized carbons (Fsp3) is 0.571. The monoisotopic (exact) mass is 280 g/mol. The van der Waals surface area contributed by atoms with E-state index in [0.29, 0.717) is 12.1 Å². The van der Waals surface area contributed by atoms with Gasteiger partial charge >= 0.3 is 5.97 Å². The fourth-order valence-electron chi connectivity index (χ4n) is 1.82. The normalized spacial score (nSPS) is 12.8. The van der Waals surface area contributed by atoms with E-state index in [2.05, 4.69) is 4.98 Å². The van der Waals surface area contributed by atoms with Crippen molar-refractivity contribution in [1.82, 2.24) is 4.98 Å². The van der Waals surface area contributed by atoms with Crippen molar-refractivity contribution in [1.29, 1.82) is 0 Å². The van der Waals surface area contributed by atoms with Crippen LogP contribution < -0.4 is 0 Å². The maximum atomic E-state index is 12.2. The highest BCUT2D eigenvalue weighted by atomic mass is 16.6. The first-order valence-corrected chi connectivity index (χ1v) is 6.50. The molecule has 1 heterocycles. The molecule has 0 aliphatic rings. The zero-order chi connectivity index (χ0) is 15.5. The van der Waals surface area contributed by atoms with E-state index < -0.39 is 22.4 Å². The molecule has 20 heavy (non-hydrogen) atoms. The molecule has 1 unspecified atom stereocenters. The quantitative estimate of drug-likeness (QED) is 0.480. The maximum Gasteiger partial charge on any atom is 0.315 e. The summed E-state index contributed by atoms with van der Waals surface area (Å²) in [5.74, 6) is -1.21. The number of nitrogens with zero attached hydrogens (tertiary/aromatic N) is 2. The summed E-state index contributed by atoms with van der Waals surface area (Å²) in [6, 6.07) is 2.94. The van der Waals surface area contributed by atoms with Gasteiger partial charge in [-0.25, -0.2) is 0 Å². The Bertz CT molecular complexity index is 520. The lowest BCUT2D eigenvalue weighted by Gasteiger charge is -2.23. The molecule has 0 saturated carbocycles. The summed E-state index contributed by atoms with van der Waals surface area (Å²) < 4.78 is 5.32. The summed E-state index contributed by atoms with van der Waals surface area (Å²) in [6.07, 6.45) is 0.395. The van der Waals surface area contributed by atoms with Crippen LogP contribution >= 0.6 is 0 Å². The number of aryl methyl sites for hydroxylation is 1. The van der Waals surface area contributed by atoms with Crippen molar-refractivity contribution in [3.63, 3.8) is 0 Å². The van der Waals surface area contributed by atoms with E-state index >= 15 is 0 Å². The van der Waals surface area contributed by atoms with E-state index in [1.165, 1.54) is 6.07 Å². The molecule has 0 aliphatic heterocycles. The molecular weight excluding hydrogens is 260 g/mol. The molecule has 1 aromatic rings. The number of aromatic nitrogens is 1. The average Bonchev–Trinajstić information content (AvgIpc) is 2.27. The number of rotatable bonds is 4. The van der Waals surface area contributed by atoms with E-state index in [1.807, 2.05) is 0 Å². The van der Waals surface area contributed by atoms with E-state index in [1.54, 1.807) is 40.7 Å². The van der Waals surface area contributed by atoms with Crippen molar-refractivity contribution < 1.29 is 14.5 Å². The summed E-state index contributed by atoms with van der Waals surface area (Å²) in [5.41, 5.74) is 0.0241. The minimum absolute atomic E-state index is 0.145. The molecule has 0 spiro atoms. The number of carbonyl (C=O) groups is 1. The lowest BCUT2D eigenvalue weighted by molar-refractivity contribution is -0.386. The molecule has 0 N–H and O–H groups in total. The Labute approximate surface area is 118 Å². The summed E-state index contributed by atoms with van der Waals surface area (Å²) in [4.78, 5) is 26.9. The molecule has 0 saturated heterocycles. The van der Waals surface area contributed by atoms with Crippen LogP contribution in [0.4, 0.5) is 5.69 Å². The van der Waals surface area contributed by atoms with Gasteiger partial charge in [0.2, 0.25) is 0 Å². The van der Waals surface area contributed by atoms with Crippen molar-refractivity contribution in [2.75, 3.05) is 0 Å². The number of pyridine rings is 1. The number of hydrogen-bond acceptors (Lipinski definition) is 5. The minimum Gasteiger partial charge on any atom is -0.459 e. The van der Waals surface area contributed by atoms with E-state index in [0.717, 1.165) is 0 Å². The van der Waals surface area contributed by atoms with Gasteiger partial charge in [-0.05, 0) is 40.2 Å². The third-order valence-electron chi connectivity index (χ3n) is 2.67. The van der Waals surface area contributed by atoms with Crippen LogP contribution in [0.1, 0.15) is 51.4 Å². The second kappa shape index (κ2) is 5.98. The number of hydrogen-bond donors (Lipinski definition) is 0. The molecule has 110 valence electrons. The van der Waals surface area contributed by atoms with Crippen LogP contribution in [0.5, 0.6) is 0 Å². The van der Waals surface area contributed by atoms with Crippen molar-refractivity contribution in [2.24, 2.45) is 0 Å². The van der Waals surface area contributed by atoms with Crippen molar-refractivity contribution >= 4 is 11.7 Å². The third kappa shape index (κ3) is 4.01. The Morgan fingerprint density at radius 1 is 1.45 bits per heavy atom. The SMILES string of the molecule is CCC(C(=O)OC(C)(C)C)c1nc(C)ccc1[N+](=O)[O-]. The zero-order valence-corrected chi connectivity index (χ0v) is 12.5. The van der Waals surface area contributed by atoms with Gasteiger partial charge in [-0.15, -0.1) is 0 Å². The van der Waals surface area contributed by atoms with Crippen molar-refractivity contribution in [2.45, 2.75) is 52.6 Å². The van der Waals surface area contributed by atoms with Gasteiger partial charge in [0.25, 0.3) is 5.69 Å². The Kier molecular flexibility index (Phi) is 4.81. The van der Waals surface area contributed by atoms with Crippen molar-refractivity contribution in [3.8, 4) is 0 Å². The van der Waals surface area contributed by atoms with Gasteiger partial charge in [0.1, 0.15) is 17.2 Å². The molecule has 0 fully saturated rings. The Hall–Kier alpha value is -1.98. The van der Waals surface area contributed by atoms with E-state index in [-0.39, 0.29) is 11.4 Å². The predicted molar refractivity (Wildman–Crippen MR) is 74.5 cm³/mol. The molecule has 0 bridgehead atoms. The van der Waals surface area contributed by atoms with Crippen LogP contribution in [-0.2, 0) is 9.53 Å². The molecule has 1 rings (SSSR count). The van der Waals surface area contributed by atoms with E-state index in [9.17, 15) is 14.9 Å². The Morgan fingerprint density at radius 3 is 2.50 bits per heavy atom. The highest BCUT2D eigenvalue weighted by Crippen LogP contribution is 2.29. The number of ether oxygens (including phenoxy) is 1. The molecule has 1 atom stereocenters. The summed E-state index contributed by atoms with van der Waals surface area (Å²) >= 11 is 0. The molecule has 0 aromatic carbocycles. The second-order valence-corrected chi connectivity index (χ2v) is 5.61. The van der Waals surface area contributed by atoms with Crippen LogP contribution in [0.2, 0.25) is 0 Å². The molecule has 6 heteroatoms. The summed E-state index contributed by atoms with van der Waals surface area (Å²) in [5, 5.41) is 11.1. The molecule has 6 nitrogen and oxygen atoms in total. The van der Waals surface area contributed by atoms with Crippen LogP contribution in [0.3, 0.4) is 0 Å². The van der Waals surface area contributed by atoms with Crippen LogP contribution in [0.25, 0.3) is 0 Å². The highest BCUT2D eigenvalue weighted by Gasteiger charge is 2.31. The Balaban J connectivity index is 3.21. The molecule has 0 amide bonds. The zero-order valence-electron chi connectivity index (χ0n) is 12.5.